The molecule has 21 heavy (non-hydrogen) atoms. The number of unbranched alkanes of at least 4 members (excludes halogenated alkanes) is 7. The predicted molar refractivity (Wildman–Crippen MR) is 91.5 cm³/mol. The zero-order valence-electron chi connectivity index (χ0n) is 14.0. The van der Waals surface area contributed by atoms with E-state index in [9.17, 15) is 0 Å². The number of methoxy groups -OCH3 is 1. The van der Waals surface area contributed by atoms with Crippen molar-refractivity contribution < 1.29 is 4.74 Å². The first-order valence-electron chi connectivity index (χ1n) is 8.64. The molecule has 1 N–H and O–H groups in total. The van der Waals surface area contributed by atoms with E-state index in [1.54, 1.807) is 7.11 Å². The van der Waals surface area contributed by atoms with Crippen LogP contribution < -0.4 is 5.32 Å². The Morgan fingerprint density at radius 2 is 1.38 bits per heavy atom. The fraction of sp³-hybridized carbons (Fsp3) is 0.684. The smallest absolute Gasteiger partial charge is 0.0713 e. The minimum Gasteiger partial charge on any atom is -0.380 e. The minimum atomic E-state index is 0.700. The molecule has 0 aliphatic heterocycles. The molecule has 2 nitrogen and oxygen atoms in total. The van der Waals surface area contributed by atoms with Gasteiger partial charge < -0.3 is 10.1 Å². The van der Waals surface area contributed by atoms with Gasteiger partial charge in [-0.15, -0.1) is 0 Å². The first kappa shape index (κ1) is 18.2. The molecular weight excluding hydrogens is 258 g/mol. The molecule has 0 aliphatic carbocycles. The van der Waals surface area contributed by atoms with Crippen molar-refractivity contribution in [2.45, 2.75) is 71.4 Å². The summed E-state index contributed by atoms with van der Waals surface area (Å²) in [4.78, 5) is 0. The lowest BCUT2D eigenvalue weighted by atomic mass is 10.1. The maximum absolute atomic E-state index is 5.12. The molecule has 0 atom stereocenters. The first-order chi connectivity index (χ1) is 10.4. The van der Waals surface area contributed by atoms with Gasteiger partial charge in [0.15, 0.2) is 0 Å². The number of rotatable bonds is 13. The summed E-state index contributed by atoms with van der Waals surface area (Å²) in [5.74, 6) is 0. The summed E-state index contributed by atoms with van der Waals surface area (Å²) < 4.78 is 5.12. The van der Waals surface area contributed by atoms with Gasteiger partial charge in [0.25, 0.3) is 0 Å². The number of ether oxygens (including phenoxy) is 1. The SMILES string of the molecule is CCCCCCCCCCNCc1ccc(COC)cc1. The van der Waals surface area contributed by atoms with E-state index >= 15 is 0 Å². The number of nitrogens with one attached hydrogen (secondary N) is 1. The van der Waals surface area contributed by atoms with Crippen LogP contribution in [-0.4, -0.2) is 13.7 Å². The van der Waals surface area contributed by atoms with Gasteiger partial charge in [0.1, 0.15) is 0 Å². The Hall–Kier alpha value is -0.860. The molecule has 0 heterocycles. The highest BCUT2D eigenvalue weighted by atomic mass is 16.5. The number of benzene rings is 1. The van der Waals surface area contributed by atoms with E-state index in [1.807, 2.05) is 0 Å². The van der Waals surface area contributed by atoms with Gasteiger partial charge in [0, 0.05) is 13.7 Å². The van der Waals surface area contributed by atoms with Gasteiger partial charge in [-0.25, -0.2) is 0 Å². The van der Waals surface area contributed by atoms with Crippen molar-refractivity contribution in [1.29, 1.82) is 0 Å². The van der Waals surface area contributed by atoms with E-state index < -0.39 is 0 Å². The zero-order valence-corrected chi connectivity index (χ0v) is 14.0. The Morgan fingerprint density at radius 1 is 0.810 bits per heavy atom. The predicted octanol–water partition coefficient (Wildman–Crippen LogP) is 5.06. The molecule has 120 valence electrons. The monoisotopic (exact) mass is 291 g/mol. The van der Waals surface area contributed by atoms with E-state index in [1.165, 1.54) is 62.5 Å². The second-order valence-corrected chi connectivity index (χ2v) is 5.90. The topological polar surface area (TPSA) is 21.3 Å². The van der Waals surface area contributed by atoms with Crippen molar-refractivity contribution >= 4 is 0 Å². The van der Waals surface area contributed by atoms with Gasteiger partial charge in [-0.05, 0) is 24.1 Å². The Kier molecular flexibility index (Phi) is 11.1. The number of hydrogen-bond donors (Lipinski definition) is 1. The second-order valence-electron chi connectivity index (χ2n) is 5.90. The standard InChI is InChI=1S/C19H33NO/c1-3-4-5-6-7-8-9-10-15-20-16-18-11-13-19(14-12-18)17-21-2/h11-14,20H,3-10,15-17H2,1-2H3. The van der Waals surface area contributed by atoms with Crippen molar-refractivity contribution in [3.63, 3.8) is 0 Å². The molecule has 0 fully saturated rings. The van der Waals surface area contributed by atoms with Crippen LogP contribution in [0, 0.1) is 0 Å². The van der Waals surface area contributed by atoms with Crippen molar-refractivity contribution in [2.75, 3.05) is 13.7 Å². The van der Waals surface area contributed by atoms with Gasteiger partial charge in [0.2, 0.25) is 0 Å². The summed E-state index contributed by atoms with van der Waals surface area (Å²) in [6.07, 6.45) is 11.1. The molecule has 1 aromatic carbocycles. The van der Waals surface area contributed by atoms with Crippen LogP contribution in [0.25, 0.3) is 0 Å². The Labute approximate surface area is 131 Å². The largest absolute Gasteiger partial charge is 0.380 e. The fourth-order valence-corrected chi connectivity index (χ4v) is 2.54. The lowest BCUT2D eigenvalue weighted by Crippen LogP contribution is -2.14. The van der Waals surface area contributed by atoms with E-state index in [0.717, 1.165) is 13.1 Å². The Balaban J connectivity index is 1.94. The summed E-state index contributed by atoms with van der Waals surface area (Å²) in [7, 11) is 1.74. The Bertz CT molecular complexity index is 334. The quantitative estimate of drug-likeness (QED) is 0.513. The molecule has 0 amide bonds. The van der Waals surface area contributed by atoms with E-state index in [4.69, 9.17) is 4.74 Å². The molecular formula is C19H33NO. The molecule has 0 saturated carbocycles. The zero-order chi connectivity index (χ0) is 15.2. The van der Waals surface area contributed by atoms with E-state index in [0.29, 0.717) is 6.61 Å². The molecule has 0 spiro atoms. The second kappa shape index (κ2) is 12.8. The molecule has 0 unspecified atom stereocenters. The van der Waals surface area contributed by atoms with Crippen LogP contribution in [0.2, 0.25) is 0 Å². The van der Waals surface area contributed by atoms with Crippen LogP contribution in [0.1, 0.15) is 69.4 Å². The minimum absolute atomic E-state index is 0.700. The highest BCUT2D eigenvalue weighted by molar-refractivity contribution is 5.21. The van der Waals surface area contributed by atoms with Crippen molar-refractivity contribution in [3.05, 3.63) is 35.4 Å². The molecule has 1 rings (SSSR count). The van der Waals surface area contributed by atoms with Gasteiger partial charge >= 0.3 is 0 Å². The third-order valence-corrected chi connectivity index (χ3v) is 3.87. The average molecular weight is 291 g/mol. The van der Waals surface area contributed by atoms with E-state index in [2.05, 4.69) is 36.5 Å². The summed E-state index contributed by atoms with van der Waals surface area (Å²) in [5.41, 5.74) is 2.60. The van der Waals surface area contributed by atoms with Crippen LogP contribution in [0.15, 0.2) is 24.3 Å². The highest BCUT2D eigenvalue weighted by Gasteiger charge is 1.95. The molecule has 0 radical (unpaired) electrons. The van der Waals surface area contributed by atoms with Crippen molar-refractivity contribution in [3.8, 4) is 0 Å². The number of hydrogen-bond acceptors (Lipinski definition) is 2. The van der Waals surface area contributed by atoms with Gasteiger partial charge in [0.05, 0.1) is 6.61 Å². The van der Waals surface area contributed by atoms with Gasteiger partial charge in [-0.1, -0.05) is 76.1 Å². The molecule has 0 aromatic heterocycles. The lowest BCUT2D eigenvalue weighted by molar-refractivity contribution is 0.185. The molecule has 1 aromatic rings. The molecule has 0 bridgehead atoms. The lowest BCUT2D eigenvalue weighted by Gasteiger charge is -2.06. The maximum atomic E-state index is 5.12. The van der Waals surface area contributed by atoms with E-state index in [-0.39, 0.29) is 0 Å². The van der Waals surface area contributed by atoms with Crippen LogP contribution in [-0.2, 0) is 17.9 Å². The summed E-state index contributed by atoms with van der Waals surface area (Å²) >= 11 is 0. The summed E-state index contributed by atoms with van der Waals surface area (Å²) in [6.45, 7) is 5.08. The van der Waals surface area contributed by atoms with Crippen LogP contribution in [0.5, 0.6) is 0 Å². The highest BCUT2D eigenvalue weighted by Crippen LogP contribution is 2.08. The van der Waals surface area contributed by atoms with Crippen LogP contribution in [0.3, 0.4) is 0 Å². The van der Waals surface area contributed by atoms with Gasteiger partial charge in [-0.3, -0.25) is 0 Å². The maximum Gasteiger partial charge on any atom is 0.0713 e. The van der Waals surface area contributed by atoms with Crippen LogP contribution >= 0.6 is 0 Å². The van der Waals surface area contributed by atoms with Crippen molar-refractivity contribution in [1.82, 2.24) is 5.32 Å². The summed E-state index contributed by atoms with van der Waals surface area (Å²) in [5, 5.41) is 3.53. The Morgan fingerprint density at radius 3 is 2.00 bits per heavy atom. The third-order valence-electron chi connectivity index (χ3n) is 3.87. The summed E-state index contributed by atoms with van der Waals surface area (Å²) in [6, 6.07) is 8.68. The fourth-order valence-electron chi connectivity index (χ4n) is 2.54. The van der Waals surface area contributed by atoms with Crippen molar-refractivity contribution in [2.24, 2.45) is 0 Å². The molecule has 0 saturated heterocycles. The average Bonchev–Trinajstić information content (AvgIpc) is 2.51. The van der Waals surface area contributed by atoms with Crippen LogP contribution in [0.4, 0.5) is 0 Å². The normalized spacial score (nSPS) is 11.0. The third kappa shape index (κ3) is 9.65. The first-order valence-corrected chi connectivity index (χ1v) is 8.64. The molecule has 0 aliphatic rings. The molecule has 2 heteroatoms. The van der Waals surface area contributed by atoms with Gasteiger partial charge in [-0.2, -0.15) is 0 Å².